The fourth-order valence-electron chi connectivity index (χ4n) is 3.68. The highest BCUT2D eigenvalue weighted by Gasteiger charge is 2.23. The van der Waals surface area contributed by atoms with Crippen molar-refractivity contribution in [3.8, 4) is 0 Å². The molecule has 1 saturated heterocycles. The molecule has 172 valence electrons. The number of ether oxygens (including phenoxy) is 1. The summed E-state index contributed by atoms with van der Waals surface area (Å²) in [5.41, 5.74) is 3.78. The molecular formula is C23H29N3O5S. The summed E-state index contributed by atoms with van der Waals surface area (Å²) in [6, 6.07) is 12.7. The molecule has 32 heavy (non-hydrogen) atoms. The minimum absolute atomic E-state index is 0.394. The van der Waals surface area contributed by atoms with E-state index in [-0.39, 0.29) is 0 Å². The van der Waals surface area contributed by atoms with Gasteiger partial charge in [-0.1, -0.05) is 18.2 Å². The van der Waals surface area contributed by atoms with Crippen LogP contribution in [0.2, 0.25) is 0 Å². The van der Waals surface area contributed by atoms with Crippen LogP contribution in [0, 0.1) is 13.8 Å². The van der Waals surface area contributed by atoms with Gasteiger partial charge in [0.05, 0.1) is 11.9 Å². The number of hydrogen-bond donors (Lipinski definition) is 1. The summed E-state index contributed by atoms with van der Waals surface area (Å²) in [4.78, 5) is 26.9. The lowest BCUT2D eigenvalue weighted by Crippen LogP contribution is -2.37. The first kappa shape index (κ1) is 23.6. The lowest BCUT2D eigenvalue weighted by Gasteiger charge is -2.23. The van der Waals surface area contributed by atoms with Gasteiger partial charge in [-0.3, -0.25) is 13.9 Å². The lowest BCUT2D eigenvalue weighted by atomic mass is 10.1. The SMILES string of the molecule is Cc1cc(N2CCCC2)ccc1NC(=O)COC(=O)CN(c1ccccc1C)S(C)(=O)=O. The maximum absolute atomic E-state index is 12.3. The number of sulfonamides is 1. The van der Waals surface area contributed by atoms with Gasteiger partial charge in [0.1, 0.15) is 6.54 Å². The third-order valence-electron chi connectivity index (χ3n) is 5.38. The molecule has 9 heteroatoms. The van der Waals surface area contributed by atoms with E-state index in [0.717, 1.165) is 34.9 Å². The summed E-state index contributed by atoms with van der Waals surface area (Å²) in [7, 11) is -3.71. The Balaban J connectivity index is 1.57. The van der Waals surface area contributed by atoms with Crippen molar-refractivity contribution in [3.05, 3.63) is 53.6 Å². The number of para-hydroxylation sites is 1. The van der Waals surface area contributed by atoms with Crippen LogP contribution in [-0.2, 0) is 24.3 Å². The van der Waals surface area contributed by atoms with Crippen LogP contribution in [0.25, 0.3) is 0 Å². The van der Waals surface area contributed by atoms with E-state index in [4.69, 9.17) is 4.74 Å². The molecule has 0 bridgehead atoms. The molecule has 1 aliphatic rings. The first-order chi connectivity index (χ1) is 15.1. The van der Waals surface area contributed by atoms with Crippen molar-refractivity contribution >= 4 is 39.0 Å². The van der Waals surface area contributed by atoms with E-state index in [9.17, 15) is 18.0 Å². The van der Waals surface area contributed by atoms with Crippen LogP contribution in [0.3, 0.4) is 0 Å². The smallest absolute Gasteiger partial charge is 0.327 e. The van der Waals surface area contributed by atoms with E-state index < -0.39 is 35.1 Å². The topological polar surface area (TPSA) is 96.0 Å². The number of benzene rings is 2. The second-order valence-electron chi connectivity index (χ2n) is 7.96. The van der Waals surface area contributed by atoms with Crippen LogP contribution >= 0.6 is 0 Å². The van der Waals surface area contributed by atoms with Crippen LogP contribution in [-0.4, -0.2) is 52.8 Å². The highest BCUT2D eigenvalue weighted by Crippen LogP contribution is 2.25. The standard InChI is InChI=1S/C23H29N3O5S/c1-17-8-4-5-9-21(17)26(32(3,29)30)15-23(28)31-16-22(27)24-20-11-10-19(14-18(20)2)25-12-6-7-13-25/h4-5,8-11,14H,6-7,12-13,15-16H2,1-3H3,(H,24,27). The largest absolute Gasteiger partial charge is 0.454 e. The number of anilines is 3. The van der Waals surface area contributed by atoms with Crippen molar-refractivity contribution in [2.45, 2.75) is 26.7 Å². The Morgan fingerprint density at radius 2 is 1.75 bits per heavy atom. The Bertz CT molecular complexity index is 1090. The van der Waals surface area contributed by atoms with Gasteiger partial charge in [0, 0.05) is 24.5 Å². The first-order valence-corrected chi connectivity index (χ1v) is 12.3. The molecule has 0 radical (unpaired) electrons. The number of rotatable bonds is 8. The highest BCUT2D eigenvalue weighted by atomic mass is 32.2. The van der Waals surface area contributed by atoms with E-state index >= 15 is 0 Å². The van der Waals surface area contributed by atoms with Gasteiger partial charge in [0.15, 0.2) is 6.61 Å². The molecule has 0 aromatic heterocycles. The maximum atomic E-state index is 12.3. The normalized spacial score (nSPS) is 13.7. The van der Waals surface area contributed by atoms with Crippen LogP contribution in [0.4, 0.5) is 17.1 Å². The second kappa shape index (κ2) is 10.0. The fraction of sp³-hybridized carbons (Fsp3) is 0.391. The fourth-order valence-corrected chi connectivity index (χ4v) is 4.58. The van der Waals surface area contributed by atoms with Gasteiger partial charge in [0.25, 0.3) is 5.91 Å². The Hall–Kier alpha value is -3.07. The lowest BCUT2D eigenvalue weighted by molar-refractivity contribution is -0.145. The predicted octanol–water partition coefficient (Wildman–Crippen LogP) is 2.85. The zero-order valence-corrected chi connectivity index (χ0v) is 19.4. The number of carbonyl (C=O) groups excluding carboxylic acids is 2. The van der Waals surface area contributed by atoms with E-state index in [1.54, 1.807) is 31.2 Å². The van der Waals surface area contributed by atoms with Gasteiger partial charge in [-0.15, -0.1) is 0 Å². The van der Waals surface area contributed by atoms with Gasteiger partial charge < -0.3 is 15.0 Å². The molecule has 1 fully saturated rings. The van der Waals surface area contributed by atoms with E-state index in [0.29, 0.717) is 16.9 Å². The predicted molar refractivity (Wildman–Crippen MR) is 126 cm³/mol. The van der Waals surface area contributed by atoms with Gasteiger partial charge in [-0.05, 0) is 62.1 Å². The van der Waals surface area contributed by atoms with E-state index in [1.807, 2.05) is 25.1 Å². The molecule has 2 aromatic carbocycles. The Morgan fingerprint density at radius 3 is 2.38 bits per heavy atom. The van der Waals surface area contributed by atoms with Crippen LogP contribution in [0.5, 0.6) is 0 Å². The van der Waals surface area contributed by atoms with Crippen molar-refractivity contribution in [2.75, 3.05) is 47.0 Å². The average molecular weight is 460 g/mol. The number of nitrogens with zero attached hydrogens (tertiary/aromatic N) is 2. The summed E-state index contributed by atoms with van der Waals surface area (Å²) >= 11 is 0. The maximum Gasteiger partial charge on any atom is 0.327 e. The van der Waals surface area contributed by atoms with E-state index in [1.165, 1.54) is 12.8 Å². The molecule has 2 aromatic rings. The molecular weight excluding hydrogens is 430 g/mol. The van der Waals surface area contributed by atoms with Gasteiger partial charge in [-0.25, -0.2) is 8.42 Å². The number of hydrogen-bond acceptors (Lipinski definition) is 6. The Labute approximate surface area is 189 Å². The van der Waals surface area contributed by atoms with Crippen molar-refractivity contribution in [1.29, 1.82) is 0 Å². The van der Waals surface area contributed by atoms with Gasteiger partial charge >= 0.3 is 5.97 Å². The molecule has 8 nitrogen and oxygen atoms in total. The molecule has 1 amide bonds. The zero-order chi connectivity index (χ0) is 23.3. The van der Waals surface area contributed by atoms with Crippen molar-refractivity contribution < 1.29 is 22.7 Å². The van der Waals surface area contributed by atoms with Crippen LogP contribution < -0.4 is 14.5 Å². The Kier molecular flexibility index (Phi) is 7.40. The van der Waals surface area contributed by atoms with Crippen molar-refractivity contribution in [2.24, 2.45) is 0 Å². The molecule has 0 spiro atoms. The van der Waals surface area contributed by atoms with Crippen molar-refractivity contribution in [3.63, 3.8) is 0 Å². The molecule has 0 saturated carbocycles. The number of amides is 1. The molecule has 0 atom stereocenters. The average Bonchev–Trinajstić information content (AvgIpc) is 3.27. The third-order valence-corrected chi connectivity index (χ3v) is 6.50. The summed E-state index contributed by atoms with van der Waals surface area (Å²) in [5, 5.41) is 2.74. The molecule has 0 aliphatic carbocycles. The van der Waals surface area contributed by atoms with Crippen molar-refractivity contribution in [1.82, 2.24) is 0 Å². The van der Waals surface area contributed by atoms with Gasteiger partial charge in [-0.2, -0.15) is 0 Å². The molecule has 0 unspecified atom stereocenters. The third kappa shape index (κ3) is 6.00. The minimum atomic E-state index is -3.71. The quantitative estimate of drug-likeness (QED) is 0.610. The molecule has 1 aliphatic heterocycles. The molecule has 3 rings (SSSR count). The number of esters is 1. The highest BCUT2D eigenvalue weighted by molar-refractivity contribution is 7.92. The second-order valence-corrected chi connectivity index (χ2v) is 9.87. The Morgan fingerprint density at radius 1 is 1.06 bits per heavy atom. The number of aryl methyl sites for hydroxylation is 2. The first-order valence-electron chi connectivity index (χ1n) is 10.5. The number of carbonyl (C=O) groups is 2. The minimum Gasteiger partial charge on any atom is -0.454 e. The summed E-state index contributed by atoms with van der Waals surface area (Å²) in [5.74, 6) is -1.30. The monoisotopic (exact) mass is 459 g/mol. The summed E-state index contributed by atoms with van der Waals surface area (Å²) in [6.45, 7) is 4.72. The zero-order valence-electron chi connectivity index (χ0n) is 18.6. The number of nitrogens with one attached hydrogen (secondary N) is 1. The summed E-state index contributed by atoms with van der Waals surface area (Å²) < 4.78 is 30.4. The van der Waals surface area contributed by atoms with E-state index in [2.05, 4.69) is 10.2 Å². The van der Waals surface area contributed by atoms with Crippen LogP contribution in [0.15, 0.2) is 42.5 Å². The molecule has 1 N–H and O–H groups in total. The summed E-state index contributed by atoms with van der Waals surface area (Å²) in [6.07, 6.45) is 3.39. The van der Waals surface area contributed by atoms with Gasteiger partial charge in [0.2, 0.25) is 10.0 Å². The van der Waals surface area contributed by atoms with Crippen LogP contribution in [0.1, 0.15) is 24.0 Å². The molecule has 1 heterocycles.